The molecule has 3 atom stereocenters. The van der Waals surface area contributed by atoms with Crippen molar-refractivity contribution in [1.29, 1.82) is 0 Å². The molecule has 0 aromatic rings. The molecule has 1 fully saturated rings. The van der Waals surface area contributed by atoms with Crippen LogP contribution in [0.25, 0.3) is 0 Å². The fourth-order valence-corrected chi connectivity index (χ4v) is 2.49. The van der Waals surface area contributed by atoms with E-state index in [0.29, 0.717) is 12.2 Å². The highest BCUT2D eigenvalue weighted by molar-refractivity contribution is 4.75. The van der Waals surface area contributed by atoms with Gasteiger partial charge in [-0.2, -0.15) is 0 Å². The van der Waals surface area contributed by atoms with Gasteiger partial charge in [0.25, 0.3) is 0 Å². The molecule has 0 radical (unpaired) electrons. The predicted octanol–water partition coefficient (Wildman–Crippen LogP) is 2.97. The van der Waals surface area contributed by atoms with Crippen LogP contribution < -0.4 is 5.32 Å². The lowest BCUT2D eigenvalue weighted by Gasteiger charge is -2.20. The highest BCUT2D eigenvalue weighted by Crippen LogP contribution is 2.26. The molecular formula is C13H27NO. The quantitative estimate of drug-likeness (QED) is 0.702. The minimum Gasteiger partial charge on any atom is -0.375 e. The summed E-state index contributed by atoms with van der Waals surface area (Å²) < 4.78 is 5.89. The van der Waals surface area contributed by atoms with Gasteiger partial charge in [0.2, 0.25) is 0 Å². The van der Waals surface area contributed by atoms with Crippen LogP contribution in [0.15, 0.2) is 0 Å². The molecular weight excluding hydrogens is 186 g/mol. The van der Waals surface area contributed by atoms with Crippen molar-refractivity contribution in [3.8, 4) is 0 Å². The molecule has 0 aliphatic carbocycles. The minimum absolute atomic E-state index is 0.497. The summed E-state index contributed by atoms with van der Waals surface area (Å²) in [6.45, 7) is 8.90. The molecule has 1 saturated heterocycles. The molecule has 1 aliphatic rings. The summed E-state index contributed by atoms with van der Waals surface area (Å²) in [7, 11) is 0. The molecule has 1 rings (SSSR count). The molecule has 1 aliphatic heterocycles. The van der Waals surface area contributed by atoms with Crippen molar-refractivity contribution >= 4 is 0 Å². The van der Waals surface area contributed by atoms with Gasteiger partial charge in [0.15, 0.2) is 0 Å². The molecule has 1 heterocycles. The summed E-state index contributed by atoms with van der Waals surface area (Å²) in [6, 6.07) is 0. The maximum Gasteiger partial charge on any atom is 0.0582 e. The molecule has 15 heavy (non-hydrogen) atoms. The molecule has 0 aromatic heterocycles. The Morgan fingerprint density at radius 3 is 2.67 bits per heavy atom. The fourth-order valence-electron chi connectivity index (χ4n) is 2.49. The smallest absolute Gasteiger partial charge is 0.0582 e. The van der Waals surface area contributed by atoms with Crippen LogP contribution in [0.1, 0.15) is 52.9 Å². The Morgan fingerprint density at radius 2 is 2.13 bits per heavy atom. The minimum atomic E-state index is 0.497. The Hall–Kier alpha value is -0.0800. The zero-order valence-electron chi connectivity index (χ0n) is 10.6. The largest absolute Gasteiger partial charge is 0.375 e. The average molecular weight is 213 g/mol. The number of ether oxygens (including phenoxy) is 1. The number of hydrogen-bond acceptors (Lipinski definition) is 2. The second-order valence-electron chi connectivity index (χ2n) is 4.84. The zero-order valence-corrected chi connectivity index (χ0v) is 10.6. The predicted molar refractivity (Wildman–Crippen MR) is 65.1 cm³/mol. The van der Waals surface area contributed by atoms with E-state index in [1.54, 1.807) is 0 Å². The monoisotopic (exact) mass is 213 g/mol. The molecule has 1 N–H and O–H groups in total. The Morgan fingerprint density at radius 1 is 1.33 bits per heavy atom. The van der Waals surface area contributed by atoms with E-state index in [9.17, 15) is 0 Å². The van der Waals surface area contributed by atoms with Crippen LogP contribution in [0, 0.1) is 5.92 Å². The van der Waals surface area contributed by atoms with Gasteiger partial charge in [0, 0.05) is 0 Å². The summed E-state index contributed by atoms with van der Waals surface area (Å²) in [5.74, 6) is 0.810. The lowest BCUT2D eigenvalue weighted by molar-refractivity contribution is 0.0399. The van der Waals surface area contributed by atoms with Crippen molar-refractivity contribution in [2.45, 2.75) is 65.1 Å². The SMILES string of the molecule is CCCC(CNCC)CC1CCC(C)O1. The second kappa shape index (κ2) is 7.24. The van der Waals surface area contributed by atoms with E-state index >= 15 is 0 Å². The van der Waals surface area contributed by atoms with Crippen molar-refractivity contribution in [1.82, 2.24) is 5.32 Å². The van der Waals surface area contributed by atoms with E-state index in [1.165, 1.54) is 38.6 Å². The highest BCUT2D eigenvalue weighted by atomic mass is 16.5. The molecule has 90 valence electrons. The van der Waals surface area contributed by atoms with E-state index in [4.69, 9.17) is 4.74 Å². The van der Waals surface area contributed by atoms with Crippen LogP contribution in [0.4, 0.5) is 0 Å². The summed E-state index contributed by atoms with van der Waals surface area (Å²) in [5, 5.41) is 3.46. The molecule has 3 unspecified atom stereocenters. The van der Waals surface area contributed by atoms with Gasteiger partial charge in [0.05, 0.1) is 12.2 Å². The van der Waals surface area contributed by atoms with Crippen molar-refractivity contribution < 1.29 is 4.74 Å². The molecule has 2 nitrogen and oxygen atoms in total. The van der Waals surface area contributed by atoms with Crippen molar-refractivity contribution in [2.75, 3.05) is 13.1 Å². The summed E-state index contributed by atoms with van der Waals surface area (Å²) in [6.07, 6.45) is 7.44. The maximum atomic E-state index is 5.89. The topological polar surface area (TPSA) is 21.3 Å². The van der Waals surface area contributed by atoms with Crippen molar-refractivity contribution in [3.63, 3.8) is 0 Å². The van der Waals surface area contributed by atoms with Crippen molar-refractivity contribution in [3.05, 3.63) is 0 Å². The van der Waals surface area contributed by atoms with Gasteiger partial charge in [-0.1, -0.05) is 20.3 Å². The van der Waals surface area contributed by atoms with Crippen LogP contribution in [0.3, 0.4) is 0 Å². The van der Waals surface area contributed by atoms with Crippen LogP contribution in [0.5, 0.6) is 0 Å². The number of hydrogen-bond donors (Lipinski definition) is 1. The van der Waals surface area contributed by atoms with E-state index in [-0.39, 0.29) is 0 Å². The van der Waals surface area contributed by atoms with E-state index in [0.717, 1.165) is 12.5 Å². The summed E-state index contributed by atoms with van der Waals surface area (Å²) in [4.78, 5) is 0. The fraction of sp³-hybridized carbons (Fsp3) is 1.00. The normalized spacial score (nSPS) is 28.2. The van der Waals surface area contributed by atoms with Gasteiger partial charge in [-0.05, 0) is 51.6 Å². The van der Waals surface area contributed by atoms with E-state index in [2.05, 4.69) is 26.1 Å². The molecule has 0 bridgehead atoms. The highest BCUT2D eigenvalue weighted by Gasteiger charge is 2.24. The molecule has 0 spiro atoms. The van der Waals surface area contributed by atoms with Gasteiger partial charge in [0.1, 0.15) is 0 Å². The van der Waals surface area contributed by atoms with Gasteiger partial charge in [-0.15, -0.1) is 0 Å². The maximum absolute atomic E-state index is 5.89. The molecule has 0 saturated carbocycles. The molecule has 0 amide bonds. The van der Waals surface area contributed by atoms with Gasteiger partial charge in [-0.25, -0.2) is 0 Å². The number of nitrogens with one attached hydrogen (secondary N) is 1. The van der Waals surface area contributed by atoms with Crippen molar-refractivity contribution in [2.24, 2.45) is 5.92 Å². The Balaban J connectivity index is 2.23. The Labute approximate surface area is 94.8 Å². The zero-order chi connectivity index (χ0) is 11.1. The lowest BCUT2D eigenvalue weighted by Crippen LogP contribution is -2.26. The summed E-state index contributed by atoms with van der Waals surface area (Å²) >= 11 is 0. The van der Waals surface area contributed by atoms with Crippen LogP contribution in [0.2, 0.25) is 0 Å². The third-order valence-corrected chi connectivity index (χ3v) is 3.30. The second-order valence-corrected chi connectivity index (χ2v) is 4.84. The first-order valence-corrected chi connectivity index (χ1v) is 6.62. The first-order valence-electron chi connectivity index (χ1n) is 6.62. The number of rotatable bonds is 7. The van der Waals surface area contributed by atoms with Crippen LogP contribution in [-0.2, 0) is 4.74 Å². The first kappa shape index (κ1) is 13.0. The van der Waals surface area contributed by atoms with Gasteiger partial charge < -0.3 is 10.1 Å². The Bertz CT molecular complexity index is 161. The lowest BCUT2D eigenvalue weighted by atomic mass is 9.95. The van der Waals surface area contributed by atoms with Crippen LogP contribution in [-0.4, -0.2) is 25.3 Å². The molecule has 2 heteroatoms. The molecule has 0 aromatic carbocycles. The van der Waals surface area contributed by atoms with E-state index in [1.807, 2.05) is 0 Å². The van der Waals surface area contributed by atoms with E-state index < -0.39 is 0 Å². The third-order valence-electron chi connectivity index (χ3n) is 3.30. The summed E-state index contributed by atoms with van der Waals surface area (Å²) in [5.41, 5.74) is 0. The average Bonchev–Trinajstić information content (AvgIpc) is 2.61. The first-order chi connectivity index (χ1) is 7.26. The van der Waals surface area contributed by atoms with Crippen LogP contribution >= 0.6 is 0 Å². The Kier molecular flexibility index (Phi) is 6.26. The van der Waals surface area contributed by atoms with Gasteiger partial charge >= 0.3 is 0 Å². The van der Waals surface area contributed by atoms with Gasteiger partial charge in [-0.3, -0.25) is 0 Å². The standard InChI is InChI=1S/C13H27NO/c1-4-6-12(10-14-5-2)9-13-8-7-11(3)15-13/h11-14H,4-10H2,1-3H3. The third kappa shape index (κ3) is 4.98.